The van der Waals surface area contributed by atoms with Crippen molar-refractivity contribution >= 4 is 11.8 Å². The molecule has 0 saturated carbocycles. The molecule has 5 nitrogen and oxygen atoms in total. The van der Waals surface area contributed by atoms with Gasteiger partial charge in [0, 0.05) is 13.0 Å². The van der Waals surface area contributed by atoms with Gasteiger partial charge in [0.05, 0.1) is 18.8 Å². The van der Waals surface area contributed by atoms with Crippen LogP contribution in [0.1, 0.15) is 30.5 Å². The quantitative estimate of drug-likeness (QED) is 0.584. The maximum atomic E-state index is 12.4. The summed E-state index contributed by atoms with van der Waals surface area (Å²) in [6.45, 7) is 2.62. The molecule has 114 valence electrons. The number of cyclic esters (lactones) is 1. The summed E-state index contributed by atoms with van der Waals surface area (Å²) in [4.78, 5) is 26.5. The largest absolute Gasteiger partial charge is 0.497 e. The molecule has 0 aliphatic carbocycles. The number of benzene rings is 1. The molecule has 3 aliphatic rings. The Kier molecular flexibility index (Phi) is 2.79. The van der Waals surface area contributed by atoms with Crippen LogP contribution in [0.4, 0.5) is 0 Å². The first kappa shape index (κ1) is 13.4. The average Bonchev–Trinajstić information content (AvgIpc) is 2.82. The highest BCUT2D eigenvalue weighted by Crippen LogP contribution is 2.44. The van der Waals surface area contributed by atoms with Crippen LogP contribution in [0.15, 0.2) is 29.5 Å². The third-order valence-electron chi connectivity index (χ3n) is 4.80. The first-order valence-corrected chi connectivity index (χ1v) is 7.52. The fourth-order valence-corrected chi connectivity index (χ4v) is 3.82. The number of hydrogen-bond donors (Lipinski definition) is 0. The van der Waals surface area contributed by atoms with E-state index in [-0.39, 0.29) is 23.5 Å². The Balaban J connectivity index is 1.80. The molecular weight excluding hydrogens is 282 g/mol. The molecule has 5 heteroatoms. The first-order chi connectivity index (χ1) is 10.6. The van der Waals surface area contributed by atoms with Crippen LogP contribution in [-0.2, 0) is 20.7 Å². The number of ketones is 1. The van der Waals surface area contributed by atoms with Gasteiger partial charge in [-0.3, -0.25) is 4.79 Å². The van der Waals surface area contributed by atoms with Crippen LogP contribution in [0.2, 0.25) is 0 Å². The maximum absolute atomic E-state index is 12.4. The normalized spacial score (nSPS) is 26.4. The summed E-state index contributed by atoms with van der Waals surface area (Å²) in [7, 11) is 1.65. The predicted molar refractivity (Wildman–Crippen MR) is 78.3 cm³/mol. The number of carbonyl (C=O) groups excluding carboxylic acids is 2. The van der Waals surface area contributed by atoms with Crippen molar-refractivity contribution in [2.24, 2.45) is 0 Å². The molecule has 1 aromatic carbocycles. The number of Topliss-reactive ketones (excluding diaryl/α,β-unsaturated/α-hetero) is 1. The Hall–Kier alpha value is -2.30. The van der Waals surface area contributed by atoms with Crippen molar-refractivity contribution in [2.75, 3.05) is 13.7 Å². The molecule has 3 heterocycles. The Bertz CT molecular complexity index is 721. The summed E-state index contributed by atoms with van der Waals surface area (Å²) in [5.41, 5.74) is 3.40. The topological polar surface area (TPSA) is 55.8 Å². The minimum absolute atomic E-state index is 0.00199. The minimum Gasteiger partial charge on any atom is -0.497 e. The van der Waals surface area contributed by atoms with E-state index < -0.39 is 5.97 Å². The smallest absolute Gasteiger partial charge is 0.344 e. The molecule has 0 N–H and O–H groups in total. The van der Waals surface area contributed by atoms with E-state index in [4.69, 9.17) is 9.47 Å². The third-order valence-corrected chi connectivity index (χ3v) is 4.80. The van der Waals surface area contributed by atoms with E-state index in [1.165, 1.54) is 5.56 Å². The summed E-state index contributed by atoms with van der Waals surface area (Å²) in [6, 6.07) is 6.00. The van der Waals surface area contributed by atoms with Crippen molar-refractivity contribution in [2.45, 2.75) is 31.9 Å². The van der Waals surface area contributed by atoms with Crippen LogP contribution in [0.5, 0.6) is 5.75 Å². The second-order valence-corrected chi connectivity index (χ2v) is 5.96. The molecule has 0 bridgehead atoms. The summed E-state index contributed by atoms with van der Waals surface area (Å²) < 4.78 is 10.5. The van der Waals surface area contributed by atoms with Gasteiger partial charge in [-0.2, -0.15) is 0 Å². The Labute approximate surface area is 128 Å². The van der Waals surface area contributed by atoms with E-state index in [1.54, 1.807) is 7.11 Å². The van der Waals surface area contributed by atoms with Gasteiger partial charge < -0.3 is 14.4 Å². The second kappa shape index (κ2) is 4.60. The van der Waals surface area contributed by atoms with Gasteiger partial charge in [-0.1, -0.05) is 6.07 Å². The van der Waals surface area contributed by atoms with E-state index in [0.717, 1.165) is 30.0 Å². The summed E-state index contributed by atoms with van der Waals surface area (Å²) in [6.07, 6.45) is 0.864. The molecule has 3 aliphatic heterocycles. The number of methoxy groups -OCH3 is 1. The zero-order chi connectivity index (χ0) is 15.4. The van der Waals surface area contributed by atoms with Crippen LogP contribution >= 0.6 is 0 Å². The van der Waals surface area contributed by atoms with Gasteiger partial charge in [-0.25, -0.2) is 4.79 Å². The number of carbonyl (C=O) groups is 2. The van der Waals surface area contributed by atoms with Crippen molar-refractivity contribution in [3.05, 3.63) is 40.6 Å². The molecule has 1 unspecified atom stereocenters. The van der Waals surface area contributed by atoms with Gasteiger partial charge >= 0.3 is 5.97 Å². The molecule has 2 atom stereocenters. The Morgan fingerprint density at radius 2 is 2.14 bits per heavy atom. The lowest BCUT2D eigenvalue weighted by Crippen LogP contribution is -2.42. The third kappa shape index (κ3) is 1.71. The van der Waals surface area contributed by atoms with Crippen molar-refractivity contribution in [1.29, 1.82) is 0 Å². The monoisotopic (exact) mass is 299 g/mol. The van der Waals surface area contributed by atoms with E-state index in [0.29, 0.717) is 6.42 Å². The molecule has 0 spiro atoms. The summed E-state index contributed by atoms with van der Waals surface area (Å²) in [5, 5.41) is 0. The lowest BCUT2D eigenvalue weighted by atomic mass is 9.84. The molecule has 0 saturated heterocycles. The number of hydrogen-bond acceptors (Lipinski definition) is 5. The lowest BCUT2D eigenvalue weighted by molar-refractivity contribution is -0.140. The number of rotatable bonds is 1. The highest BCUT2D eigenvalue weighted by Gasteiger charge is 2.46. The number of nitrogens with zero attached hydrogens (tertiary/aromatic N) is 1. The van der Waals surface area contributed by atoms with Crippen LogP contribution in [-0.4, -0.2) is 36.4 Å². The maximum Gasteiger partial charge on any atom is 0.344 e. The fourth-order valence-electron chi connectivity index (χ4n) is 3.82. The molecular formula is C17H17NO4. The highest BCUT2D eigenvalue weighted by atomic mass is 16.5. The van der Waals surface area contributed by atoms with Crippen LogP contribution < -0.4 is 4.74 Å². The molecule has 0 fully saturated rings. The van der Waals surface area contributed by atoms with E-state index >= 15 is 0 Å². The molecule has 22 heavy (non-hydrogen) atoms. The summed E-state index contributed by atoms with van der Waals surface area (Å²) >= 11 is 0. The van der Waals surface area contributed by atoms with Crippen LogP contribution in [0.25, 0.3) is 0 Å². The second-order valence-electron chi connectivity index (χ2n) is 5.96. The van der Waals surface area contributed by atoms with Crippen molar-refractivity contribution in [3.63, 3.8) is 0 Å². The van der Waals surface area contributed by atoms with E-state index in [9.17, 15) is 9.59 Å². The fraction of sp³-hybridized carbons (Fsp3) is 0.412. The van der Waals surface area contributed by atoms with Crippen LogP contribution in [0, 0.1) is 0 Å². The SMILES string of the molecule is COc1ccc2c(c1)CCN1C3=C(C(=O)CC21)C(=O)O[C@H]3C. The molecule has 1 aromatic rings. The Morgan fingerprint density at radius 1 is 1.32 bits per heavy atom. The van der Waals surface area contributed by atoms with Crippen LogP contribution in [0.3, 0.4) is 0 Å². The van der Waals surface area contributed by atoms with Gasteiger partial charge in [-0.05, 0) is 36.6 Å². The zero-order valence-electron chi connectivity index (χ0n) is 12.6. The Morgan fingerprint density at radius 3 is 2.91 bits per heavy atom. The number of esters is 1. The average molecular weight is 299 g/mol. The van der Waals surface area contributed by atoms with Crippen molar-refractivity contribution in [1.82, 2.24) is 4.90 Å². The number of ether oxygens (including phenoxy) is 2. The van der Waals surface area contributed by atoms with Gasteiger partial charge in [0.1, 0.15) is 17.4 Å². The minimum atomic E-state index is -0.466. The lowest BCUT2D eigenvalue weighted by Gasteiger charge is -2.42. The summed E-state index contributed by atoms with van der Waals surface area (Å²) in [5.74, 6) is 0.266. The van der Waals surface area contributed by atoms with Gasteiger partial charge in [-0.15, -0.1) is 0 Å². The standard InChI is InChI=1S/C17H17NO4/c1-9-16-15(17(20)22-9)14(19)8-13-12-4-3-11(21-2)7-10(12)5-6-18(13)16/h3-4,7,9,13H,5-6,8H2,1-2H3/t9-,13?/m0/s1. The molecule has 4 rings (SSSR count). The predicted octanol–water partition coefficient (Wildman–Crippen LogP) is 1.77. The zero-order valence-corrected chi connectivity index (χ0v) is 12.6. The highest BCUT2D eigenvalue weighted by molar-refractivity contribution is 6.20. The molecule has 0 aromatic heterocycles. The molecule has 0 amide bonds. The van der Waals surface area contributed by atoms with Gasteiger partial charge in [0.15, 0.2) is 5.78 Å². The first-order valence-electron chi connectivity index (χ1n) is 7.52. The van der Waals surface area contributed by atoms with Gasteiger partial charge in [0.2, 0.25) is 0 Å². The number of fused-ring (bicyclic) bond motifs is 4. The van der Waals surface area contributed by atoms with Crippen molar-refractivity contribution in [3.8, 4) is 5.75 Å². The van der Waals surface area contributed by atoms with E-state index in [1.807, 2.05) is 25.1 Å². The van der Waals surface area contributed by atoms with E-state index in [2.05, 4.69) is 4.90 Å². The van der Waals surface area contributed by atoms with Crippen molar-refractivity contribution < 1.29 is 19.1 Å². The molecule has 0 radical (unpaired) electrons. The van der Waals surface area contributed by atoms with Gasteiger partial charge in [0.25, 0.3) is 0 Å².